The van der Waals surface area contributed by atoms with E-state index in [0.29, 0.717) is 6.04 Å². The molecule has 0 heterocycles. The van der Waals surface area contributed by atoms with Crippen molar-refractivity contribution < 1.29 is 0 Å². The number of halogens is 1. The summed E-state index contributed by atoms with van der Waals surface area (Å²) in [4.78, 5) is 1.14. The van der Waals surface area contributed by atoms with Crippen LogP contribution in [0.5, 0.6) is 0 Å². The quantitative estimate of drug-likeness (QED) is 0.694. The average molecular weight is 320 g/mol. The van der Waals surface area contributed by atoms with E-state index in [1.807, 2.05) is 0 Å². The minimum absolute atomic E-state index is 0.336. The molecule has 1 N–H and O–H groups in total. The third-order valence-corrected chi connectivity index (χ3v) is 5.01. The molecule has 0 aromatic heterocycles. The lowest BCUT2D eigenvalue weighted by atomic mass is 10.1. The van der Waals surface area contributed by atoms with Gasteiger partial charge in [-0.15, -0.1) is 11.8 Å². The Labute approximate surface area is 137 Å². The maximum absolute atomic E-state index is 6.42. The van der Waals surface area contributed by atoms with Crippen LogP contribution in [0.1, 0.15) is 36.6 Å². The van der Waals surface area contributed by atoms with Gasteiger partial charge in [-0.25, -0.2) is 0 Å². The van der Waals surface area contributed by atoms with Crippen LogP contribution in [-0.4, -0.2) is 6.54 Å². The van der Waals surface area contributed by atoms with Gasteiger partial charge in [-0.05, 0) is 43.7 Å². The zero-order chi connectivity index (χ0) is 15.2. The van der Waals surface area contributed by atoms with Crippen molar-refractivity contribution in [3.8, 4) is 0 Å². The molecule has 0 aliphatic rings. The van der Waals surface area contributed by atoms with E-state index in [9.17, 15) is 0 Å². The molecule has 0 aliphatic heterocycles. The van der Waals surface area contributed by atoms with Gasteiger partial charge < -0.3 is 5.32 Å². The second kappa shape index (κ2) is 7.88. The van der Waals surface area contributed by atoms with Gasteiger partial charge in [0.2, 0.25) is 0 Å². The molecule has 2 rings (SSSR count). The molecule has 0 amide bonds. The molecule has 21 heavy (non-hydrogen) atoms. The molecule has 1 nitrogen and oxygen atoms in total. The highest BCUT2D eigenvalue weighted by atomic mass is 35.5. The molecule has 0 saturated heterocycles. The zero-order valence-corrected chi connectivity index (χ0v) is 14.4. The molecule has 2 aromatic rings. The van der Waals surface area contributed by atoms with Gasteiger partial charge in [0.05, 0.1) is 5.02 Å². The average Bonchev–Trinajstić information content (AvgIpc) is 2.46. The van der Waals surface area contributed by atoms with Gasteiger partial charge in [0.25, 0.3) is 0 Å². The topological polar surface area (TPSA) is 12.0 Å². The second-order valence-electron chi connectivity index (χ2n) is 5.25. The molecule has 1 unspecified atom stereocenters. The lowest BCUT2D eigenvalue weighted by molar-refractivity contribution is 0.598. The molecule has 3 heteroatoms. The standard InChI is InChI=1S/C18H22ClNS/c1-4-20-14(3)16-8-9-18(17(19)11-16)21-12-15-7-5-6-13(2)10-15/h5-11,14,20H,4,12H2,1-3H3. The van der Waals surface area contributed by atoms with Crippen molar-refractivity contribution in [1.82, 2.24) is 5.32 Å². The normalized spacial score (nSPS) is 12.4. The Kier molecular flexibility index (Phi) is 6.16. The summed E-state index contributed by atoms with van der Waals surface area (Å²) in [6.07, 6.45) is 0. The second-order valence-corrected chi connectivity index (χ2v) is 6.67. The molecule has 0 aliphatic carbocycles. The summed E-state index contributed by atoms with van der Waals surface area (Å²) < 4.78 is 0. The first-order valence-corrected chi connectivity index (χ1v) is 8.67. The van der Waals surface area contributed by atoms with Gasteiger partial charge in [-0.1, -0.05) is 54.4 Å². The Balaban J connectivity index is 2.04. The third-order valence-electron chi connectivity index (χ3n) is 3.44. The largest absolute Gasteiger partial charge is 0.310 e. The van der Waals surface area contributed by atoms with Gasteiger partial charge in [0, 0.05) is 16.7 Å². The number of benzene rings is 2. The highest BCUT2D eigenvalue weighted by Gasteiger charge is 2.08. The summed E-state index contributed by atoms with van der Waals surface area (Å²) >= 11 is 8.21. The Morgan fingerprint density at radius 1 is 1.19 bits per heavy atom. The van der Waals surface area contributed by atoms with E-state index in [-0.39, 0.29) is 0 Å². The predicted molar refractivity (Wildman–Crippen MR) is 94.3 cm³/mol. The van der Waals surface area contributed by atoms with Crippen LogP contribution >= 0.6 is 23.4 Å². The lowest BCUT2D eigenvalue weighted by Crippen LogP contribution is -2.17. The van der Waals surface area contributed by atoms with Crippen molar-refractivity contribution in [3.63, 3.8) is 0 Å². The SMILES string of the molecule is CCNC(C)c1ccc(SCc2cccc(C)c2)c(Cl)c1. The first-order valence-electron chi connectivity index (χ1n) is 7.31. The fourth-order valence-corrected chi connectivity index (χ4v) is 3.51. The van der Waals surface area contributed by atoms with Crippen molar-refractivity contribution in [2.45, 2.75) is 37.5 Å². The summed E-state index contributed by atoms with van der Waals surface area (Å²) in [7, 11) is 0. The predicted octanol–water partition coefficient (Wildman–Crippen LogP) is 5.61. The van der Waals surface area contributed by atoms with E-state index < -0.39 is 0 Å². The van der Waals surface area contributed by atoms with E-state index in [1.54, 1.807) is 11.8 Å². The minimum atomic E-state index is 0.336. The monoisotopic (exact) mass is 319 g/mol. The number of hydrogen-bond acceptors (Lipinski definition) is 2. The van der Waals surface area contributed by atoms with Crippen LogP contribution in [0.4, 0.5) is 0 Å². The molecule has 0 saturated carbocycles. The van der Waals surface area contributed by atoms with E-state index in [1.165, 1.54) is 16.7 Å². The fraction of sp³-hybridized carbons (Fsp3) is 0.333. The molecular weight excluding hydrogens is 298 g/mol. The molecule has 0 bridgehead atoms. The van der Waals surface area contributed by atoms with E-state index in [0.717, 1.165) is 22.2 Å². The summed E-state index contributed by atoms with van der Waals surface area (Å²) in [5, 5.41) is 4.25. The Hall–Kier alpha value is -0.960. The summed E-state index contributed by atoms with van der Waals surface area (Å²) in [6, 6.07) is 15.3. The molecule has 2 aromatic carbocycles. The Morgan fingerprint density at radius 2 is 2.00 bits per heavy atom. The lowest BCUT2D eigenvalue weighted by Gasteiger charge is -2.14. The van der Waals surface area contributed by atoms with Crippen molar-refractivity contribution in [1.29, 1.82) is 0 Å². The van der Waals surface area contributed by atoms with Crippen LogP contribution in [0.25, 0.3) is 0 Å². The van der Waals surface area contributed by atoms with Crippen LogP contribution in [0.2, 0.25) is 5.02 Å². The summed E-state index contributed by atoms with van der Waals surface area (Å²) in [6.45, 7) is 7.36. The third kappa shape index (κ3) is 4.77. The minimum Gasteiger partial charge on any atom is -0.310 e. The molecular formula is C18H22ClNS. The maximum Gasteiger partial charge on any atom is 0.0545 e. The van der Waals surface area contributed by atoms with E-state index in [2.05, 4.69) is 68.6 Å². The number of rotatable bonds is 6. The molecule has 1 atom stereocenters. The number of thioether (sulfide) groups is 1. The zero-order valence-electron chi connectivity index (χ0n) is 12.8. The summed E-state index contributed by atoms with van der Waals surface area (Å²) in [5.41, 5.74) is 3.87. The van der Waals surface area contributed by atoms with Crippen LogP contribution in [-0.2, 0) is 5.75 Å². The van der Waals surface area contributed by atoms with E-state index >= 15 is 0 Å². The first kappa shape index (κ1) is 16.4. The Bertz CT molecular complexity index is 598. The number of nitrogens with one attached hydrogen (secondary N) is 1. The van der Waals surface area contributed by atoms with Crippen molar-refractivity contribution in [2.75, 3.05) is 6.54 Å². The number of aryl methyl sites for hydroxylation is 1. The van der Waals surface area contributed by atoms with Crippen LogP contribution < -0.4 is 5.32 Å². The highest BCUT2D eigenvalue weighted by Crippen LogP contribution is 2.32. The van der Waals surface area contributed by atoms with Gasteiger partial charge in [-0.2, -0.15) is 0 Å². The van der Waals surface area contributed by atoms with Crippen LogP contribution in [0, 0.1) is 6.92 Å². The van der Waals surface area contributed by atoms with Gasteiger partial charge in [-0.3, -0.25) is 0 Å². The molecule has 112 valence electrons. The summed E-state index contributed by atoms with van der Waals surface area (Å²) in [5.74, 6) is 0.948. The van der Waals surface area contributed by atoms with Crippen LogP contribution in [0.3, 0.4) is 0 Å². The fourth-order valence-electron chi connectivity index (χ4n) is 2.29. The Morgan fingerprint density at radius 3 is 2.67 bits per heavy atom. The maximum atomic E-state index is 6.42. The smallest absolute Gasteiger partial charge is 0.0545 e. The van der Waals surface area contributed by atoms with E-state index in [4.69, 9.17) is 11.6 Å². The van der Waals surface area contributed by atoms with Gasteiger partial charge >= 0.3 is 0 Å². The number of hydrogen-bond donors (Lipinski definition) is 1. The highest BCUT2D eigenvalue weighted by molar-refractivity contribution is 7.98. The van der Waals surface area contributed by atoms with Crippen molar-refractivity contribution >= 4 is 23.4 Å². The van der Waals surface area contributed by atoms with Crippen LogP contribution in [0.15, 0.2) is 47.4 Å². The molecule has 0 spiro atoms. The van der Waals surface area contributed by atoms with Gasteiger partial charge in [0.15, 0.2) is 0 Å². The first-order chi connectivity index (χ1) is 10.1. The molecule has 0 radical (unpaired) electrons. The van der Waals surface area contributed by atoms with Gasteiger partial charge in [0.1, 0.15) is 0 Å². The van der Waals surface area contributed by atoms with Crippen molar-refractivity contribution in [2.24, 2.45) is 0 Å². The molecule has 0 fully saturated rings. The van der Waals surface area contributed by atoms with Crippen molar-refractivity contribution in [3.05, 3.63) is 64.2 Å².